The Bertz CT molecular complexity index is 464. The highest BCUT2D eigenvalue weighted by molar-refractivity contribution is 9.10. The van der Waals surface area contributed by atoms with Crippen molar-refractivity contribution in [3.63, 3.8) is 0 Å². The molecule has 0 saturated heterocycles. The Kier molecular flexibility index (Phi) is 6.42. The van der Waals surface area contributed by atoms with Crippen LogP contribution in [-0.4, -0.2) is 36.7 Å². The predicted molar refractivity (Wildman–Crippen MR) is 84.1 cm³/mol. The van der Waals surface area contributed by atoms with Gasteiger partial charge in [-0.2, -0.15) is 0 Å². The number of nitrogens with zero attached hydrogens (tertiary/aromatic N) is 1. The summed E-state index contributed by atoms with van der Waals surface area (Å²) >= 11 is 3.35. The second kappa shape index (κ2) is 7.59. The Morgan fingerprint density at radius 1 is 1.50 bits per heavy atom. The number of nitrogens with one attached hydrogen (secondary N) is 2. The molecule has 0 spiro atoms. The maximum absolute atomic E-state index is 12.4. The molecule has 6 heteroatoms. The summed E-state index contributed by atoms with van der Waals surface area (Å²) in [5.41, 5.74) is 0.0907. The zero-order valence-electron chi connectivity index (χ0n) is 12.4. The smallest absolute Gasteiger partial charge is 0.255 e. The van der Waals surface area contributed by atoms with Crippen LogP contribution in [0.1, 0.15) is 37.6 Å². The number of hydrogen-bond donors (Lipinski definition) is 2. The molecule has 1 aromatic rings. The van der Waals surface area contributed by atoms with Crippen molar-refractivity contribution >= 4 is 27.7 Å². The fourth-order valence-corrected chi connectivity index (χ4v) is 2.10. The van der Waals surface area contributed by atoms with Crippen LogP contribution in [0.15, 0.2) is 16.7 Å². The van der Waals surface area contributed by atoms with Gasteiger partial charge in [-0.15, -0.1) is 0 Å². The molecule has 1 amide bonds. The van der Waals surface area contributed by atoms with Crippen molar-refractivity contribution in [1.29, 1.82) is 0 Å². The summed E-state index contributed by atoms with van der Waals surface area (Å²) in [5.74, 6) is 0.431. The molecule has 20 heavy (non-hydrogen) atoms. The van der Waals surface area contributed by atoms with Gasteiger partial charge in [0.05, 0.1) is 17.7 Å². The number of methoxy groups -OCH3 is 1. The molecular formula is C14H22BrN3O2. The summed E-state index contributed by atoms with van der Waals surface area (Å²) < 4.78 is 5.88. The summed E-state index contributed by atoms with van der Waals surface area (Å²) in [6, 6.07) is 1.77. The van der Waals surface area contributed by atoms with Crippen LogP contribution in [0.3, 0.4) is 0 Å². The normalized spacial score (nSPS) is 11.2. The second-order valence-electron chi connectivity index (χ2n) is 5.25. The van der Waals surface area contributed by atoms with Crippen molar-refractivity contribution in [3.05, 3.63) is 22.3 Å². The molecule has 1 aromatic heterocycles. The number of rotatable bonds is 7. The first-order valence-electron chi connectivity index (χ1n) is 6.60. The molecule has 0 saturated carbocycles. The fourth-order valence-electron chi connectivity index (χ4n) is 1.77. The van der Waals surface area contributed by atoms with E-state index in [1.54, 1.807) is 19.4 Å². The van der Waals surface area contributed by atoms with Crippen LogP contribution >= 0.6 is 15.9 Å². The Labute approximate surface area is 128 Å². The van der Waals surface area contributed by atoms with Crippen LogP contribution < -0.4 is 10.6 Å². The van der Waals surface area contributed by atoms with Crippen molar-refractivity contribution in [2.75, 3.05) is 25.6 Å². The number of pyridine rings is 1. The Hall–Kier alpha value is -1.14. The topological polar surface area (TPSA) is 63.2 Å². The third-order valence-corrected chi connectivity index (χ3v) is 3.03. The van der Waals surface area contributed by atoms with Crippen LogP contribution in [0, 0.1) is 0 Å². The minimum absolute atomic E-state index is 0.167. The molecule has 0 unspecified atom stereocenters. The number of anilines is 1. The lowest BCUT2D eigenvalue weighted by Crippen LogP contribution is -2.47. The first-order chi connectivity index (χ1) is 9.39. The van der Waals surface area contributed by atoms with Gasteiger partial charge in [0, 0.05) is 24.3 Å². The third kappa shape index (κ3) is 5.09. The van der Waals surface area contributed by atoms with Crippen molar-refractivity contribution in [2.24, 2.45) is 0 Å². The van der Waals surface area contributed by atoms with Gasteiger partial charge in [-0.05, 0) is 42.3 Å². The van der Waals surface area contributed by atoms with Crippen LogP contribution in [0.4, 0.5) is 5.82 Å². The van der Waals surface area contributed by atoms with E-state index in [4.69, 9.17) is 4.74 Å². The molecule has 0 atom stereocenters. The molecule has 0 aliphatic carbocycles. The summed E-state index contributed by atoms with van der Waals surface area (Å²) in [7, 11) is 1.61. The summed E-state index contributed by atoms with van der Waals surface area (Å²) in [5, 5.41) is 6.12. The SMILES string of the molecule is CCCNc1ncc(Br)cc1C(=O)NC(C)(C)COC. The average molecular weight is 344 g/mol. The van der Waals surface area contributed by atoms with E-state index in [1.165, 1.54) is 0 Å². The van der Waals surface area contributed by atoms with Crippen molar-refractivity contribution in [3.8, 4) is 0 Å². The van der Waals surface area contributed by atoms with Crippen molar-refractivity contribution in [2.45, 2.75) is 32.7 Å². The molecule has 0 aliphatic rings. The first kappa shape index (κ1) is 16.9. The predicted octanol–water partition coefficient (Wildman–Crippen LogP) is 2.82. The number of aromatic nitrogens is 1. The van der Waals surface area contributed by atoms with E-state index in [-0.39, 0.29) is 5.91 Å². The molecular weight excluding hydrogens is 322 g/mol. The lowest BCUT2D eigenvalue weighted by atomic mass is 10.1. The Morgan fingerprint density at radius 2 is 2.20 bits per heavy atom. The minimum atomic E-state index is -0.434. The van der Waals surface area contributed by atoms with Crippen LogP contribution in [0.2, 0.25) is 0 Å². The zero-order valence-corrected chi connectivity index (χ0v) is 14.0. The standard InChI is InChI=1S/C14H22BrN3O2/c1-5-6-16-12-11(7-10(15)8-17-12)13(19)18-14(2,3)9-20-4/h7-8H,5-6,9H2,1-4H3,(H,16,17)(H,18,19). The highest BCUT2D eigenvalue weighted by Gasteiger charge is 2.23. The van der Waals surface area contributed by atoms with E-state index >= 15 is 0 Å². The summed E-state index contributed by atoms with van der Waals surface area (Å²) in [6.45, 7) is 7.11. The second-order valence-corrected chi connectivity index (χ2v) is 6.16. The number of carbonyl (C=O) groups is 1. The van der Waals surface area contributed by atoms with Crippen molar-refractivity contribution < 1.29 is 9.53 Å². The molecule has 0 radical (unpaired) electrons. The molecule has 112 valence electrons. The van der Waals surface area contributed by atoms with Gasteiger partial charge < -0.3 is 15.4 Å². The van der Waals surface area contributed by atoms with E-state index in [9.17, 15) is 4.79 Å². The van der Waals surface area contributed by atoms with Crippen molar-refractivity contribution in [1.82, 2.24) is 10.3 Å². The Balaban J connectivity index is 2.93. The van der Waals surface area contributed by atoms with Crippen LogP contribution in [0.25, 0.3) is 0 Å². The first-order valence-corrected chi connectivity index (χ1v) is 7.40. The minimum Gasteiger partial charge on any atom is -0.382 e. The summed E-state index contributed by atoms with van der Waals surface area (Å²) in [4.78, 5) is 16.7. The number of hydrogen-bond acceptors (Lipinski definition) is 4. The maximum atomic E-state index is 12.4. The van der Waals surface area contributed by atoms with Gasteiger partial charge in [-0.3, -0.25) is 4.79 Å². The largest absolute Gasteiger partial charge is 0.382 e. The maximum Gasteiger partial charge on any atom is 0.255 e. The van der Waals surface area contributed by atoms with Crippen LogP contribution in [-0.2, 0) is 4.74 Å². The summed E-state index contributed by atoms with van der Waals surface area (Å²) in [6.07, 6.45) is 2.64. The van der Waals surface area contributed by atoms with E-state index in [2.05, 4.69) is 38.5 Å². The van der Waals surface area contributed by atoms with Gasteiger partial charge in [0.2, 0.25) is 0 Å². The molecule has 0 bridgehead atoms. The van der Waals surface area contributed by atoms with E-state index in [0.29, 0.717) is 18.0 Å². The highest BCUT2D eigenvalue weighted by Crippen LogP contribution is 2.19. The monoisotopic (exact) mass is 343 g/mol. The molecule has 0 fully saturated rings. The molecule has 1 heterocycles. The molecule has 0 aromatic carbocycles. The van der Waals surface area contributed by atoms with E-state index in [0.717, 1.165) is 17.4 Å². The van der Waals surface area contributed by atoms with Gasteiger partial charge >= 0.3 is 0 Å². The molecule has 0 aliphatic heterocycles. The number of amides is 1. The highest BCUT2D eigenvalue weighted by atomic mass is 79.9. The zero-order chi connectivity index (χ0) is 15.2. The number of carbonyl (C=O) groups excluding carboxylic acids is 1. The lowest BCUT2D eigenvalue weighted by molar-refractivity contribution is 0.0820. The van der Waals surface area contributed by atoms with Gasteiger partial charge in [-0.1, -0.05) is 6.92 Å². The molecule has 5 nitrogen and oxygen atoms in total. The fraction of sp³-hybridized carbons (Fsp3) is 0.571. The van der Waals surface area contributed by atoms with Gasteiger partial charge in [-0.25, -0.2) is 4.98 Å². The van der Waals surface area contributed by atoms with Gasteiger partial charge in [0.1, 0.15) is 5.82 Å². The number of ether oxygens (including phenoxy) is 1. The van der Waals surface area contributed by atoms with E-state index in [1.807, 2.05) is 13.8 Å². The molecule has 2 N–H and O–H groups in total. The van der Waals surface area contributed by atoms with Gasteiger partial charge in [0.15, 0.2) is 0 Å². The average Bonchev–Trinajstić information content (AvgIpc) is 2.36. The third-order valence-electron chi connectivity index (χ3n) is 2.60. The van der Waals surface area contributed by atoms with E-state index < -0.39 is 5.54 Å². The molecule has 1 rings (SSSR count). The lowest BCUT2D eigenvalue weighted by Gasteiger charge is -2.25. The quantitative estimate of drug-likeness (QED) is 0.798. The van der Waals surface area contributed by atoms with Crippen LogP contribution in [0.5, 0.6) is 0 Å². The number of halogens is 1. The Morgan fingerprint density at radius 3 is 2.80 bits per heavy atom. The van der Waals surface area contributed by atoms with Gasteiger partial charge in [0.25, 0.3) is 5.91 Å².